The zero-order valence-corrected chi connectivity index (χ0v) is 13.2. The van der Waals surface area contributed by atoms with Crippen molar-refractivity contribution < 1.29 is 9.53 Å². The molecule has 5 nitrogen and oxygen atoms in total. The summed E-state index contributed by atoms with van der Waals surface area (Å²) in [5.41, 5.74) is 6.36. The molecule has 0 atom stereocenters. The average Bonchev–Trinajstić information content (AvgIpc) is 2.43. The average molecular weight is 293 g/mol. The van der Waals surface area contributed by atoms with Crippen molar-refractivity contribution >= 4 is 5.91 Å². The fourth-order valence-electron chi connectivity index (χ4n) is 1.82. The maximum atomic E-state index is 11.9. The molecule has 0 spiro atoms. The molecule has 1 amide bonds. The van der Waals surface area contributed by atoms with Gasteiger partial charge in [0, 0.05) is 24.2 Å². The van der Waals surface area contributed by atoms with Crippen molar-refractivity contribution in [1.29, 1.82) is 0 Å². The van der Waals surface area contributed by atoms with E-state index in [1.807, 2.05) is 33.0 Å². The third-order valence-corrected chi connectivity index (χ3v) is 3.02. The lowest BCUT2D eigenvalue weighted by Crippen LogP contribution is -2.33. The maximum Gasteiger partial charge on any atom is 0.251 e. The largest absolute Gasteiger partial charge is 0.492 e. The third kappa shape index (κ3) is 7.68. The van der Waals surface area contributed by atoms with E-state index in [-0.39, 0.29) is 11.4 Å². The third-order valence-electron chi connectivity index (χ3n) is 3.02. The first-order valence-electron chi connectivity index (χ1n) is 7.37. The quantitative estimate of drug-likeness (QED) is 0.604. The van der Waals surface area contributed by atoms with Crippen LogP contribution in [0.15, 0.2) is 24.3 Å². The smallest absolute Gasteiger partial charge is 0.251 e. The second-order valence-corrected chi connectivity index (χ2v) is 5.82. The predicted octanol–water partition coefficient (Wildman–Crippen LogP) is 1.53. The van der Waals surface area contributed by atoms with E-state index in [0.29, 0.717) is 18.7 Å². The number of nitrogens with one attached hydrogen (secondary N) is 2. The van der Waals surface area contributed by atoms with Crippen molar-refractivity contribution in [2.24, 2.45) is 5.73 Å². The van der Waals surface area contributed by atoms with E-state index >= 15 is 0 Å². The van der Waals surface area contributed by atoms with Gasteiger partial charge in [0.2, 0.25) is 0 Å². The molecule has 0 bridgehead atoms. The van der Waals surface area contributed by atoms with E-state index in [1.165, 1.54) is 0 Å². The minimum Gasteiger partial charge on any atom is -0.492 e. The standard InChI is InChI=1S/C16H27N3O2/c1-16(2,17)9-4-10-19-15(20)13-5-7-14(8-6-13)21-12-11-18-3/h5-8,18H,4,9-12,17H2,1-3H3,(H,19,20). The molecule has 1 aromatic rings. The van der Waals surface area contributed by atoms with Crippen molar-refractivity contribution in [3.63, 3.8) is 0 Å². The summed E-state index contributed by atoms with van der Waals surface area (Å²) in [6, 6.07) is 7.18. The number of carbonyl (C=O) groups is 1. The van der Waals surface area contributed by atoms with Crippen LogP contribution in [0.25, 0.3) is 0 Å². The molecule has 1 aromatic carbocycles. The number of likely N-dealkylation sites (N-methyl/N-ethyl adjacent to an activating group) is 1. The number of hydrogen-bond donors (Lipinski definition) is 3. The topological polar surface area (TPSA) is 76.4 Å². The number of amides is 1. The van der Waals surface area contributed by atoms with Crippen molar-refractivity contribution in [1.82, 2.24) is 10.6 Å². The van der Waals surface area contributed by atoms with Crippen LogP contribution in [0, 0.1) is 0 Å². The number of carbonyl (C=O) groups excluding carboxylic acids is 1. The van der Waals surface area contributed by atoms with Crippen molar-refractivity contribution in [3.05, 3.63) is 29.8 Å². The highest BCUT2D eigenvalue weighted by molar-refractivity contribution is 5.94. The lowest BCUT2D eigenvalue weighted by Gasteiger charge is -2.17. The van der Waals surface area contributed by atoms with E-state index < -0.39 is 0 Å². The number of ether oxygens (including phenoxy) is 1. The van der Waals surface area contributed by atoms with Gasteiger partial charge < -0.3 is 21.1 Å². The zero-order valence-electron chi connectivity index (χ0n) is 13.2. The van der Waals surface area contributed by atoms with Gasteiger partial charge in [-0.1, -0.05) is 0 Å². The molecule has 0 aliphatic heterocycles. The van der Waals surface area contributed by atoms with Gasteiger partial charge in [0.15, 0.2) is 0 Å². The van der Waals surface area contributed by atoms with Crippen LogP contribution in [0.1, 0.15) is 37.0 Å². The van der Waals surface area contributed by atoms with E-state index in [2.05, 4.69) is 10.6 Å². The van der Waals surface area contributed by atoms with Crippen LogP contribution >= 0.6 is 0 Å². The predicted molar refractivity (Wildman–Crippen MR) is 85.7 cm³/mol. The van der Waals surface area contributed by atoms with Crippen LogP contribution in [-0.2, 0) is 0 Å². The molecular weight excluding hydrogens is 266 g/mol. The summed E-state index contributed by atoms with van der Waals surface area (Å²) in [5.74, 6) is 0.707. The second-order valence-electron chi connectivity index (χ2n) is 5.82. The summed E-state index contributed by atoms with van der Waals surface area (Å²) >= 11 is 0. The molecule has 0 aliphatic rings. The molecule has 0 saturated carbocycles. The molecule has 0 aliphatic carbocycles. The molecule has 0 aromatic heterocycles. The first kappa shape index (κ1) is 17.5. The number of nitrogens with two attached hydrogens (primary N) is 1. The summed E-state index contributed by atoms with van der Waals surface area (Å²) < 4.78 is 5.51. The van der Waals surface area contributed by atoms with Crippen molar-refractivity contribution in [2.75, 3.05) is 26.7 Å². The molecular formula is C16H27N3O2. The zero-order chi connectivity index (χ0) is 15.7. The highest BCUT2D eigenvalue weighted by atomic mass is 16.5. The monoisotopic (exact) mass is 293 g/mol. The summed E-state index contributed by atoms with van der Waals surface area (Å²) in [4.78, 5) is 11.9. The van der Waals surface area contributed by atoms with Crippen molar-refractivity contribution in [2.45, 2.75) is 32.2 Å². The lowest BCUT2D eigenvalue weighted by atomic mass is 10.0. The molecule has 118 valence electrons. The molecule has 21 heavy (non-hydrogen) atoms. The van der Waals surface area contributed by atoms with Gasteiger partial charge in [-0.05, 0) is 58.0 Å². The van der Waals surface area contributed by atoms with Crippen LogP contribution in [0.2, 0.25) is 0 Å². The molecule has 0 saturated heterocycles. The Morgan fingerprint density at radius 1 is 1.24 bits per heavy atom. The van der Waals surface area contributed by atoms with Gasteiger partial charge in [-0.3, -0.25) is 4.79 Å². The van der Waals surface area contributed by atoms with Gasteiger partial charge >= 0.3 is 0 Å². The highest BCUT2D eigenvalue weighted by Gasteiger charge is 2.10. The van der Waals surface area contributed by atoms with E-state index in [9.17, 15) is 4.79 Å². The Balaban J connectivity index is 2.34. The molecule has 0 radical (unpaired) electrons. The molecule has 4 N–H and O–H groups in total. The Kier molecular flexibility index (Phi) is 7.19. The minimum atomic E-state index is -0.183. The first-order valence-corrected chi connectivity index (χ1v) is 7.37. The Bertz CT molecular complexity index is 424. The molecule has 0 unspecified atom stereocenters. The first-order chi connectivity index (χ1) is 9.92. The fourth-order valence-corrected chi connectivity index (χ4v) is 1.82. The lowest BCUT2D eigenvalue weighted by molar-refractivity contribution is 0.0952. The fraction of sp³-hybridized carbons (Fsp3) is 0.562. The SMILES string of the molecule is CNCCOc1ccc(C(=O)NCCCC(C)(C)N)cc1. The van der Waals surface area contributed by atoms with Crippen LogP contribution in [0.5, 0.6) is 5.75 Å². The van der Waals surface area contributed by atoms with Crippen molar-refractivity contribution in [3.8, 4) is 5.75 Å². The Labute approximate surface area is 127 Å². The van der Waals surface area contributed by atoms with Crippen LogP contribution in [0.4, 0.5) is 0 Å². The Morgan fingerprint density at radius 3 is 2.48 bits per heavy atom. The van der Waals surface area contributed by atoms with Gasteiger partial charge in [-0.25, -0.2) is 0 Å². The summed E-state index contributed by atoms with van der Waals surface area (Å²) in [6.07, 6.45) is 1.76. The molecule has 1 rings (SSSR count). The summed E-state index contributed by atoms with van der Waals surface area (Å²) in [7, 11) is 1.88. The summed E-state index contributed by atoms with van der Waals surface area (Å²) in [5, 5.41) is 5.91. The normalized spacial score (nSPS) is 11.2. The highest BCUT2D eigenvalue weighted by Crippen LogP contribution is 2.12. The molecule has 0 fully saturated rings. The van der Waals surface area contributed by atoms with Gasteiger partial charge in [-0.15, -0.1) is 0 Å². The Morgan fingerprint density at radius 2 is 1.90 bits per heavy atom. The summed E-state index contributed by atoms with van der Waals surface area (Å²) in [6.45, 7) is 6.01. The molecule has 0 heterocycles. The van der Waals surface area contributed by atoms with E-state index in [1.54, 1.807) is 12.1 Å². The van der Waals surface area contributed by atoms with Gasteiger partial charge in [0.05, 0.1) is 0 Å². The van der Waals surface area contributed by atoms with Crippen LogP contribution in [0.3, 0.4) is 0 Å². The number of hydrogen-bond acceptors (Lipinski definition) is 4. The minimum absolute atomic E-state index is 0.0633. The second kappa shape index (κ2) is 8.64. The maximum absolute atomic E-state index is 11.9. The van der Waals surface area contributed by atoms with Gasteiger partial charge in [-0.2, -0.15) is 0 Å². The van der Waals surface area contributed by atoms with E-state index in [0.717, 1.165) is 25.1 Å². The van der Waals surface area contributed by atoms with Crippen LogP contribution in [-0.4, -0.2) is 38.2 Å². The Hall–Kier alpha value is -1.59. The molecule has 5 heteroatoms. The number of benzene rings is 1. The van der Waals surface area contributed by atoms with E-state index in [4.69, 9.17) is 10.5 Å². The van der Waals surface area contributed by atoms with Gasteiger partial charge in [0.25, 0.3) is 5.91 Å². The van der Waals surface area contributed by atoms with Crippen LogP contribution < -0.4 is 21.1 Å². The van der Waals surface area contributed by atoms with Gasteiger partial charge in [0.1, 0.15) is 12.4 Å². The number of rotatable bonds is 9.